The smallest absolute Gasteiger partial charge is 0.235 e. The van der Waals surface area contributed by atoms with Crippen molar-refractivity contribution >= 4 is 11.8 Å². The summed E-state index contributed by atoms with van der Waals surface area (Å²) in [5, 5.41) is 10.1. The molecule has 1 aromatic heterocycles. The molecule has 84 valence electrons. The summed E-state index contributed by atoms with van der Waals surface area (Å²) < 4.78 is 0. The fourth-order valence-electron chi connectivity index (χ4n) is 1.64. The van der Waals surface area contributed by atoms with E-state index in [0.717, 1.165) is 0 Å². The minimum absolute atomic E-state index is 0.229. The summed E-state index contributed by atoms with van der Waals surface area (Å²) in [7, 11) is 0. The van der Waals surface area contributed by atoms with Crippen LogP contribution in [0.15, 0.2) is 12.1 Å². The zero-order valence-electron chi connectivity index (χ0n) is 8.64. The van der Waals surface area contributed by atoms with Gasteiger partial charge in [0.15, 0.2) is 0 Å². The van der Waals surface area contributed by atoms with Gasteiger partial charge in [0, 0.05) is 13.0 Å². The van der Waals surface area contributed by atoms with Gasteiger partial charge in [-0.2, -0.15) is 10.2 Å². The lowest BCUT2D eigenvalue weighted by Crippen LogP contribution is -2.39. The highest BCUT2D eigenvalue weighted by molar-refractivity contribution is 6.00. The number of nitrogens with one attached hydrogen (secondary N) is 1. The standard InChI is InChI=1S/C10H12N4O2/c11-5-6-1-3-8(14-13-6)7-2-4-9(15)12-10(7)16/h1,3,7H,2,4-5,11H2,(H,12,15,16). The topological polar surface area (TPSA) is 98.0 Å². The molecule has 1 aliphatic rings. The highest BCUT2D eigenvalue weighted by atomic mass is 16.2. The summed E-state index contributed by atoms with van der Waals surface area (Å²) in [6, 6.07) is 3.47. The van der Waals surface area contributed by atoms with E-state index in [2.05, 4.69) is 15.5 Å². The lowest BCUT2D eigenvalue weighted by molar-refractivity contribution is -0.134. The van der Waals surface area contributed by atoms with Gasteiger partial charge < -0.3 is 5.73 Å². The Hall–Kier alpha value is -1.82. The van der Waals surface area contributed by atoms with Gasteiger partial charge in [-0.25, -0.2) is 0 Å². The molecule has 0 bridgehead atoms. The Kier molecular flexibility index (Phi) is 2.91. The molecule has 0 saturated carbocycles. The second-order valence-corrected chi connectivity index (χ2v) is 3.66. The highest BCUT2D eigenvalue weighted by Crippen LogP contribution is 2.22. The van der Waals surface area contributed by atoms with Crippen molar-refractivity contribution in [3.63, 3.8) is 0 Å². The molecule has 16 heavy (non-hydrogen) atoms. The Morgan fingerprint density at radius 1 is 1.38 bits per heavy atom. The van der Waals surface area contributed by atoms with Crippen LogP contribution >= 0.6 is 0 Å². The Morgan fingerprint density at radius 3 is 2.75 bits per heavy atom. The van der Waals surface area contributed by atoms with Gasteiger partial charge in [-0.05, 0) is 18.6 Å². The molecule has 2 rings (SSSR count). The van der Waals surface area contributed by atoms with Crippen LogP contribution in [-0.2, 0) is 16.1 Å². The third-order valence-corrected chi connectivity index (χ3v) is 2.55. The quantitative estimate of drug-likeness (QED) is 0.652. The van der Waals surface area contributed by atoms with E-state index in [1.807, 2.05) is 0 Å². The van der Waals surface area contributed by atoms with Crippen molar-refractivity contribution < 1.29 is 9.59 Å². The first-order valence-electron chi connectivity index (χ1n) is 5.07. The van der Waals surface area contributed by atoms with Gasteiger partial charge in [0.1, 0.15) is 0 Å². The number of carbonyl (C=O) groups is 2. The van der Waals surface area contributed by atoms with Gasteiger partial charge in [0.05, 0.1) is 17.3 Å². The van der Waals surface area contributed by atoms with E-state index in [-0.39, 0.29) is 17.7 Å². The number of nitrogens with zero attached hydrogens (tertiary/aromatic N) is 2. The maximum atomic E-state index is 11.5. The van der Waals surface area contributed by atoms with Crippen molar-refractivity contribution in [3.8, 4) is 0 Å². The second-order valence-electron chi connectivity index (χ2n) is 3.66. The van der Waals surface area contributed by atoms with Crippen LogP contribution < -0.4 is 11.1 Å². The van der Waals surface area contributed by atoms with Crippen LogP contribution in [0, 0.1) is 0 Å². The number of rotatable bonds is 2. The molecule has 2 heterocycles. The predicted molar refractivity (Wildman–Crippen MR) is 55.0 cm³/mol. The molecule has 3 N–H and O–H groups in total. The van der Waals surface area contributed by atoms with Gasteiger partial charge in [-0.1, -0.05) is 0 Å². The molecule has 0 radical (unpaired) electrons. The lowest BCUT2D eigenvalue weighted by Gasteiger charge is -2.19. The van der Waals surface area contributed by atoms with Gasteiger partial charge in [-0.15, -0.1) is 0 Å². The maximum absolute atomic E-state index is 11.5. The molecule has 0 aliphatic carbocycles. The van der Waals surface area contributed by atoms with Gasteiger partial charge in [0.2, 0.25) is 11.8 Å². The van der Waals surface area contributed by atoms with Gasteiger partial charge >= 0.3 is 0 Å². The Morgan fingerprint density at radius 2 is 2.19 bits per heavy atom. The van der Waals surface area contributed by atoms with Crippen LogP contribution in [0.3, 0.4) is 0 Å². The number of hydrogen-bond acceptors (Lipinski definition) is 5. The molecular formula is C10H12N4O2. The van der Waals surface area contributed by atoms with Crippen LogP contribution in [0.4, 0.5) is 0 Å². The summed E-state index contributed by atoms with van der Waals surface area (Å²) in [5.41, 5.74) is 6.66. The van der Waals surface area contributed by atoms with E-state index in [4.69, 9.17) is 5.73 Å². The number of nitrogens with two attached hydrogens (primary N) is 1. The predicted octanol–water partition coefficient (Wildman–Crippen LogP) is -0.544. The Labute approximate surface area is 92.2 Å². The summed E-state index contributed by atoms with van der Waals surface area (Å²) in [6.07, 6.45) is 0.831. The molecule has 0 aromatic carbocycles. The van der Waals surface area contributed by atoms with Crippen molar-refractivity contribution in [1.29, 1.82) is 0 Å². The minimum atomic E-state index is -0.378. The largest absolute Gasteiger partial charge is 0.325 e. The zero-order chi connectivity index (χ0) is 11.5. The summed E-state index contributed by atoms with van der Waals surface area (Å²) >= 11 is 0. The summed E-state index contributed by atoms with van der Waals surface area (Å²) in [5.74, 6) is -0.907. The van der Waals surface area contributed by atoms with Crippen molar-refractivity contribution in [2.45, 2.75) is 25.3 Å². The third-order valence-electron chi connectivity index (χ3n) is 2.55. The first-order valence-corrected chi connectivity index (χ1v) is 5.07. The molecule has 6 heteroatoms. The van der Waals surface area contributed by atoms with Crippen LogP contribution in [-0.4, -0.2) is 22.0 Å². The Bertz CT molecular complexity index is 415. The van der Waals surface area contributed by atoms with E-state index >= 15 is 0 Å². The highest BCUT2D eigenvalue weighted by Gasteiger charge is 2.29. The van der Waals surface area contributed by atoms with E-state index < -0.39 is 0 Å². The molecular weight excluding hydrogens is 208 g/mol. The van der Waals surface area contributed by atoms with Gasteiger partial charge in [-0.3, -0.25) is 14.9 Å². The van der Waals surface area contributed by atoms with Crippen LogP contribution in [0.1, 0.15) is 30.1 Å². The monoisotopic (exact) mass is 220 g/mol. The maximum Gasteiger partial charge on any atom is 0.235 e. The summed E-state index contributed by atoms with van der Waals surface area (Å²) in [4.78, 5) is 22.5. The molecule has 2 amide bonds. The molecule has 1 aromatic rings. The van der Waals surface area contributed by atoms with Crippen molar-refractivity contribution in [2.24, 2.45) is 5.73 Å². The van der Waals surface area contributed by atoms with Crippen molar-refractivity contribution in [2.75, 3.05) is 0 Å². The normalized spacial score (nSPS) is 20.7. The Balaban J connectivity index is 2.17. The number of hydrogen-bond donors (Lipinski definition) is 2. The molecule has 1 atom stereocenters. The van der Waals surface area contributed by atoms with Crippen LogP contribution in [0.5, 0.6) is 0 Å². The van der Waals surface area contributed by atoms with Crippen molar-refractivity contribution in [1.82, 2.24) is 15.5 Å². The van der Waals surface area contributed by atoms with Crippen molar-refractivity contribution in [3.05, 3.63) is 23.5 Å². The van der Waals surface area contributed by atoms with E-state index in [1.54, 1.807) is 12.1 Å². The molecule has 1 aliphatic heterocycles. The zero-order valence-corrected chi connectivity index (χ0v) is 8.64. The average Bonchev–Trinajstić information content (AvgIpc) is 2.29. The SMILES string of the molecule is NCc1ccc(C2CCC(=O)NC2=O)nn1. The van der Waals surface area contributed by atoms with E-state index in [0.29, 0.717) is 30.8 Å². The van der Waals surface area contributed by atoms with Crippen LogP contribution in [0.2, 0.25) is 0 Å². The number of imide groups is 1. The second kappa shape index (κ2) is 4.36. The molecule has 1 saturated heterocycles. The third kappa shape index (κ3) is 2.06. The van der Waals surface area contributed by atoms with E-state index in [1.165, 1.54) is 0 Å². The number of carbonyl (C=O) groups excluding carboxylic acids is 2. The van der Waals surface area contributed by atoms with Gasteiger partial charge in [0.25, 0.3) is 0 Å². The number of amides is 2. The molecule has 0 spiro atoms. The van der Waals surface area contributed by atoms with Crippen LogP contribution in [0.25, 0.3) is 0 Å². The summed E-state index contributed by atoms with van der Waals surface area (Å²) in [6.45, 7) is 0.322. The molecule has 1 fully saturated rings. The first kappa shape index (κ1) is 10.7. The number of piperidine rings is 1. The molecule has 1 unspecified atom stereocenters. The minimum Gasteiger partial charge on any atom is -0.325 e. The first-order chi connectivity index (χ1) is 7.70. The fraction of sp³-hybridized carbons (Fsp3) is 0.400. The fourth-order valence-corrected chi connectivity index (χ4v) is 1.64. The lowest BCUT2D eigenvalue weighted by atomic mass is 9.94. The molecule has 6 nitrogen and oxygen atoms in total. The number of aromatic nitrogens is 2. The average molecular weight is 220 g/mol. The van der Waals surface area contributed by atoms with E-state index in [9.17, 15) is 9.59 Å².